The van der Waals surface area contributed by atoms with Gasteiger partial charge in [0.15, 0.2) is 0 Å². The number of imidazole rings is 1. The quantitative estimate of drug-likeness (QED) is 0.566. The fourth-order valence-electron chi connectivity index (χ4n) is 3.07. The molecule has 5 rings (SSSR count). The van der Waals surface area contributed by atoms with Gasteiger partial charge in [-0.2, -0.15) is 0 Å². The second-order valence-electron chi connectivity index (χ2n) is 6.13. The van der Waals surface area contributed by atoms with E-state index in [1.807, 2.05) is 44.2 Å². The molecule has 2 fully saturated rings. The molecule has 2 aromatic carbocycles. The molecule has 0 saturated heterocycles. The molecule has 0 spiro atoms. The van der Waals surface area contributed by atoms with E-state index >= 15 is 0 Å². The molecule has 0 amide bonds. The maximum atomic E-state index is 4.83. The second kappa shape index (κ2) is 10.1. The van der Waals surface area contributed by atoms with Crippen molar-refractivity contribution in [2.45, 2.75) is 6.54 Å². The standard InChI is InChI=1S/C19H15N2.C5H5.Fe/c1-2-10-16(11-3-1)19-20-17-12-6-7-13-18(17)21(19)14-15-8-4-5-9-15;1-2-4-5-3-1;/h1-13H,14H2;1-5H;/q;;+2. The molecule has 2 nitrogen and oxygen atoms in total. The zero-order valence-corrected chi connectivity index (χ0v) is 16.0. The van der Waals surface area contributed by atoms with Gasteiger partial charge in [-0.25, -0.2) is 4.98 Å². The van der Waals surface area contributed by atoms with Gasteiger partial charge in [0.2, 0.25) is 0 Å². The van der Waals surface area contributed by atoms with Gasteiger partial charge in [-0.1, -0.05) is 42.5 Å². The topological polar surface area (TPSA) is 17.8 Å². The number of rotatable bonds is 3. The molecule has 27 heavy (non-hydrogen) atoms. The predicted molar refractivity (Wildman–Crippen MR) is 107 cm³/mol. The van der Waals surface area contributed by atoms with Crippen LogP contribution in [0, 0.1) is 63.7 Å². The predicted octanol–water partition coefficient (Wildman–Crippen LogP) is 5.13. The Morgan fingerprint density at radius 1 is 0.667 bits per heavy atom. The summed E-state index contributed by atoms with van der Waals surface area (Å²) in [6.45, 7) is 0.845. The maximum absolute atomic E-state index is 4.83. The molecule has 2 saturated carbocycles. The van der Waals surface area contributed by atoms with Gasteiger partial charge in [0, 0.05) is 18.0 Å². The van der Waals surface area contributed by atoms with Gasteiger partial charge >= 0.3 is 17.1 Å². The van der Waals surface area contributed by atoms with E-state index < -0.39 is 0 Å². The van der Waals surface area contributed by atoms with Crippen molar-refractivity contribution in [3.63, 3.8) is 0 Å². The van der Waals surface area contributed by atoms with Crippen molar-refractivity contribution in [2.75, 3.05) is 0 Å². The van der Waals surface area contributed by atoms with Crippen LogP contribution in [0.5, 0.6) is 0 Å². The van der Waals surface area contributed by atoms with Gasteiger partial charge in [-0.05, 0) is 69.9 Å². The van der Waals surface area contributed by atoms with Gasteiger partial charge in [0.1, 0.15) is 5.82 Å². The summed E-state index contributed by atoms with van der Waals surface area (Å²) in [5.74, 6) is 2.33. The first-order valence-electron chi connectivity index (χ1n) is 8.80. The van der Waals surface area contributed by atoms with E-state index in [-0.39, 0.29) is 17.1 Å². The summed E-state index contributed by atoms with van der Waals surface area (Å²) in [6.07, 6.45) is 18.5. The number of hydrogen-bond acceptors (Lipinski definition) is 1. The zero-order chi connectivity index (χ0) is 17.6. The smallest absolute Gasteiger partial charge is 0.323 e. The molecule has 1 aromatic heterocycles. The first kappa shape index (κ1) is 20.2. The average molecular weight is 392 g/mol. The number of para-hydroxylation sites is 2. The molecule has 1 heterocycles. The molecule has 0 atom stereocenters. The normalized spacial score (nSPS) is 16.7. The molecular formula is C24H20FeN2+2. The second-order valence-corrected chi connectivity index (χ2v) is 6.13. The van der Waals surface area contributed by atoms with Gasteiger partial charge in [0.05, 0.1) is 11.0 Å². The minimum absolute atomic E-state index is 0. The van der Waals surface area contributed by atoms with E-state index in [1.54, 1.807) is 0 Å². The fourth-order valence-corrected chi connectivity index (χ4v) is 3.07. The monoisotopic (exact) mass is 392 g/mol. The van der Waals surface area contributed by atoms with Gasteiger partial charge < -0.3 is 4.57 Å². The summed E-state index contributed by atoms with van der Waals surface area (Å²) in [4.78, 5) is 4.83. The number of fused-ring (bicyclic) bond motifs is 1. The molecule has 0 unspecified atom stereocenters. The molecule has 0 N–H and O–H groups in total. The molecule has 10 radical (unpaired) electrons. The Bertz CT molecular complexity index is 807. The van der Waals surface area contributed by atoms with E-state index in [9.17, 15) is 0 Å². The third kappa shape index (κ3) is 5.03. The molecular weight excluding hydrogens is 372 g/mol. The van der Waals surface area contributed by atoms with E-state index in [0.29, 0.717) is 0 Å². The van der Waals surface area contributed by atoms with E-state index in [1.165, 1.54) is 11.4 Å². The van der Waals surface area contributed by atoms with Crippen molar-refractivity contribution in [2.24, 2.45) is 0 Å². The number of aromatic nitrogens is 2. The zero-order valence-electron chi connectivity index (χ0n) is 14.8. The van der Waals surface area contributed by atoms with Crippen LogP contribution in [0.4, 0.5) is 0 Å². The third-order valence-corrected chi connectivity index (χ3v) is 4.31. The summed E-state index contributed by atoms with van der Waals surface area (Å²) < 4.78 is 2.29. The number of hydrogen-bond donors (Lipinski definition) is 0. The third-order valence-electron chi connectivity index (χ3n) is 4.31. The van der Waals surface area contributed by atoms with Gasteiger partial charge in [-0.3, -0.25) is 0 Å². The Labute approximate surface area is 173 Å². The van der Waals surface area contributed by atoms with Crippen molar-refractivity contribution in [3.8, 4) is 11.4 Å². The van der Waals surface area contributed by atoms with Crippen LogP contribution in [0.2, 0.25) is 0 Å². The van der Waals surface area contributed by atoms with Crippen molar-refractivity contribution in [1.82, 2.24) is 9.55 Å². The Morgan fingerprint density at radius 3 is 1.93 bits per heavy atom. The molecule has 2 aliphatic rings. The Hall–Kier alpha value is -1.57. The minimum Gasteiger partial charge on any atom is -0.323 e. The first-order chi connectivity index (χ1) is 12.9. The van der Waals surface area contributed by atoms with Crippen LogP contribution in [0.1, 0.15) is 0 Å². The molecule has 2 aliphatic carbocycles. The van der Waals surface area contributed by atoms with E-state index in [2.05, 4.69) is 72.7 Å². The van der Waals surface area contributed by atoms with Crippen molar-refractivity contribution >= 4 is 11.0 Å². The van der Waals surface area contributed by atoms with E-state index in [4.69, 9.17) is 4.98 Å². The summed E-state index contributed by atoms with van der Waals surface area (Å²) in [7, 11) is 0. The number of nitrogens with zero attached hydrogens (tertiary/aromatic N) is 2. The van der Waals surface area contributed by atoms with Crippen molar-refractivity contribution in [3.05, 3.63) is 118 Å². The fraction of sp³-hybridized carbons (Fsp3) is 0.0417. The van der Waals surface area contributed by atoms with Crippen LogP contribution in [0.25, 0.3) is 22.4 Å². The average Bonchev–Trinajstić information content (AvgIpc) is 3.47. The first-order valence-corrected chi connectivity index (χ1v) is 8.80. The van der Waals surface area contributed by atoms with Crippen LogP contribution >= 0.6 is 0 Å². The Morgan fingerprint density at radius 2 is 1.26 bits per heavy atom. The summed E-state index contributed by atoms with van der Waals surface area (Å²) in [5, 5.41) is 0. The van der Waals surface area contributed by atoms with Crippen molar-refractivity contribution in [1.29, 1.82) is 0 Å². The summed E-state index contributed by atoms with van der Waals surface area (Å²) in [5.41, 5.74) is 3.38. The minimum atomic E-state index is 0. The van der Waals surface area contributed by atoms with Crippen LogP contribution in [0.3, 0.4) is 0 Å². The molecule has 3 heteroatoms. The summed E-state index contributed by atoms with van der Waals surface area (Å²) in [6, 6.07) is 18.7. The molecule has 0 bridgehead atoms. The molecule has 3 aromatic rings. The van der Waals surface area contributed by atoms with Crippen LogP contribution < -0.4 is 0 Å². The summed E-state index contributed by atoms with van der Waals surface area (Å²) >= 11 is 0. The largest absolute Gasteiger partial charge is 2.00 e. The van der Waals surface area contributed by atoms with Crippen LogP contribution in [0.15, 0.2) is 54.6 Å². The van der Waals surface area contributed by atoms with Crippen LogP contribution in [-0.2, 0) is 23.6 Å². The molecule has 132 valence electrons. The molecule has 0 aliphatic heterocycles. The number of benzene rings is 2. The van der Waals surface area contributed by atoms with Crippen molar-refractivity contribution < 1.29 is 17.1 Å². The van der Waals surface area contributed by atoms with Crippen LogP contribution in [-0.4, -0.2) is 9.55 Å². The SMILES string of the molecule is [CH]1[CH][CH][CH][CH]1.[CH]1[CH][CH][C](Cn2c(-c3ccccc3)nc3ccccc32)[CH]1.[Fe+2]. The van der Waals surface area contributed by atoms with E-state index in [0.717, 1.165) is 23.4 Å². The van der Waals surface area contributed by atoms with Gasteiger partial charge in [-0.15, -0.1) is 0 Å². The Balaban J connectivity index is 0.000000306. The Kier molecular flexibility index (Phi) is 7.55. The maximum Gasteiger partial charge on any atom is 2.00 e. The van der Waals surface area contributed by atoms with Gasteiger partial charge in [0.25, 0.3) is 0 Å².